The Morgan fingerprint density at radius 2 is 2.03 bits per heavy atom. The number of rotatable bonds is 7. The number of nitrogens with one attached hydrogen (secondary N) is 1. The van der Waals surface area contributed by atoms with E-state index in [1.165, 1.54) is 0 Å². The highest BCUT2D eigenvalue weighted by atomic mass is 16.6. The highest BCUT2D eigenvalue weighted by molar-refractivity contribution is 5.80. The molecular weight excluding hydrogens is 432 g/mol. The number of nitrogens with zero attached hydrogens (tertiary/aromatic N) is 3. The van der Waals surface area contributed by atoms with Crippen LogP contribution in [0.1, 0.15) is 77.3 Å². The first-order valence-electron chi connectivity index (χ1n) is 12.1. The summed E-state index contributed by atoms with van der Waals surface area (Å²) in [4.78, 5) is 21.4. The molecular formula is C26H34N4O4. The number of amides is 1. The van der Waals surface area contributed by atoms with E-state index in [9.17, 15) is 10.1 Å². The van der Waals surface area contributed by atoms with E-state index >= 15 is 0 Å². The van der Waals surface area contributed by atoms with E-state index in [-0.39, 0.29) is 17.2 Å². The van der Waals surface area contributed by atoms with Gasteiger partial charge in [-0.2, -0.15) is 5.26 Å². The van der Waals surface area contributed by atoms with Crippen molar-refractivity contribution in [3.63, 3.8) is 0 Å². The van der Waals surface area contributed by atoms with Crippen LogP contribution in [0.3, 0.4) is 0 Å². The van der Waals surface area contributed by atoms with Gasteiger partial charge in [-0.25, -0.2) is 9.78 Å². The minimum Gasteiger partial charge on any atom is -0.478 e. The zero-order valence-electron chi connectivity index (χ0n) is 20.6. The molecule has 2 aliphatic heterocycles. The molecule has 1 N–H and O–H groups in total. The molecule has 0 spiro atoms. The normalized spacial score (nSPS) is 24.0. The molecule has 2 aromatic rings. The molecule has 2 bridgehead atoms. The summed E-state index contributed by atoms with van der Waals surface area (Å²) in [6.45, 7) is 8.70. The molecule has 1 aliphatic carbocycles. The van der Waals surface area contributed by atoms with Gasteiger partial charge in [0.2, 0.25) is 5.88 Å². The summed E-state index contributed by atoms with van der Waals surface area (Å²) >= 11 is 0. The van der Waals surface area contributed by atoms with Gasteiger partial charge in [0.1, 0.15) is 11.7 Å². The van der Waals surface area contributed by atoms with Gasteiger partial charge in [0, 0.05) is 12.3 Å². The van der Waals surface area contributed by atoms with Gasteiger partial charge in [0.05, 0.1) is 41.0 Å². The quantitative estimate of drug-likeness (QED) is 0.623. The van der Waals surface area contributed by atoms with Crippen molar-refractivity contribution in [1.29, 1.82) is 5.26 Å². The van der Waals surface area contributed by atoms with Crippen LogP contribution in [-0.2, 0) is 15.9 Å². The number of hydrogen-bond donors (Lipinski definition) is 1. The number of nitriles is 1. The maximum Gasteiger partial charge on any atom is 0.408 e. The van der Waals surface area contributed by atoms with E-state index in [0.29, 0.717) is 31.1 Å². The molecule has 4 heterocycles. The SMILES string of the molecule is CCCOc1ccc2ncc(C#N)c(CCC34CCC(NC(=O)OC(C)(C)C)(CC3)CO4)c2n1. The van der Waals surface area contributed by atoms with Crippen molar-refractivity contribution >= 4 is 17.1 Å². The Hall–Kier alpha value is -2.92. The fraction of sp³-hybridized carbons (Fsp3) is 0.615. The molecule has 3 fully saturated rings. The average molecular weight is 467 g/mol. The van der Waals surface area contributed by atoms with Gasteiger partial charge in [-0.05, 0) is 77.3 Å². The summed E-state index contributed by atoms with van der Waals surface area (Å²) in [5.41, 5.74) is 1.75. The topological polar surface area (TPSA) is 106 Å². The number of fused-ring (bicyclic) bond motifs is 4. The molecule has 2 saturated heterocycles. The summed E-state index contributed by atoms with van der Waals surface area (Å²) in [5, 5.41) is 12.8. The molecule has 34 heavy (non-hydrogen) atoms. The molecule has 182 valence electrons. The van der Waals surface area contributed by atoms with Crippen molar-refractivity contribution in [1.82, 2.24) is 15.3 Å². The summed E-state index contributed by atoms with van der Waals surface area (Å²) in [6, 6.07) is 5.99. The Labute approximate surface area is 201 Å². The molecule has 0 radical (unpaired) electrons. The van der Waals surface area contributed by atoms with Crippen LogP contribution in [0.15, 0.2) is 18.3 Å². The fourth-order valence-electron chi connectivity index (χ4n) is 4.86. The lowest BCUT2D eigenvalue weighted by atomic mass is 9.69. The highest BCUT2D eigenvalue weighted by Crippen LogP contribution is 2.46. The molecule has 0 aromatic carbocycles. The maximum atomic E-state index is 12.3. The van der Waals surface area contributed by atoms with Crippen LogP contribution in [0.25, 0.3) is 11.0 Å². The third-order valence-corrected chi connectivity index (χ3v) is 6.74. The summed E-state index contributed by atoms with van der Waals surface area (Å²) in [6.07, 6.45) is 6.99. The van der Waals surface area contributed by atoms with E-state index < -0.39 is 5.60 Å². The van der Waals surface area contributed by atoms with Gasteiger partial charge in [0.25, 0.3) is 0 Å². The first-order chi connectivity index (χ1) is 16.2. The zero-order valence-corrected chi connectivity index (χ0v) is 20.6. The lowest BCUT2D eigenvalue weighted by Gasteiger charge is -2.53. The van der Waals surface area contributed by atoms with Crippen LogP contribution >= 0.6 is 0 Å². The number of aryl methyl sites for hydroxylation is 1. The number of hydrogen-bond acceptors (Lipinski definition) is 7. The standard InChI is InChI=1S/C26H34N4O4/c1-5-14-32-21-7-6-20-22(29-21)19(18(15-27)16-28-20)8-9-26-12-10-25(11-13-26,17-33-26)30-23(31)34-24(2,3)4/h6-7,16H,5,8-14,17H2,1-4H3,(H,30,31). The van der Waals surface area contributed by atoms with Gasteiger partial charge in [-0.1, -0.05) is 6.92 Å². The lowest BCUT2D eigenvalue weighted by molar-refractivity contribution is -0.163. The van der Waals surface area contributed by atoms with Crippen molar-refractivity contribution in [2.45, 2.75) is 89.4 Å². The molecule has 5 rings (SSSR count). The van der Waals surface area contributed by atoms with Crippen molar-refractivity contribution < 1.29 is 19.0 Å². The Kier molecular flexibility index (Phi) is 6.68. The molecule has 2 aromatic heterocycles. The van der Waals surface area contributed by atoms with Crippen LogP contribution in [0.5, 0.6) is 5.88 Å². The van der Waals surface area contributed by atoms with Crippen molar-refractivity contribution in [3.05, 3.63) is 29.5 Å². The molecule has 1 saturated carbocycles. The number of aromatic nitrogens is 2. The van der Waals surface area contributed by atoms with Gasteiger partial charge < -0.3 is 19.5 Å². The van der Waals surface area contributed by atoms with Crippen LogP contribution < -0.4 is 10.1 Å². The molecule has 3 aliphatic rings. The summed E-state index contributed by atoms with van der Waals surface area (Å²) in [7, 11) is 0. The van der Waals surface area contributed by atoms with Crippen LogP contribution in [0, 0.1) is 11.3 Å². The Balaban J connectivity index is 1.47. The second-order valence-electron chi connectivity index (χ2n) is 10.5. The summed E-state index contributed by atoms with van der Waals surface area (Å²) < 4.78 is 17.5. The predicted octanol–water partition coefficient (Wildman–Crippen LogP) is 4.83. The van der Waals surface area contributed by atoms with E-state index in [1.54, 1.807) is 6.20 Å². The smallest absolute Gasteiger partial charge is 0.408 e. The third-order valence-electron chi connectivity index (χ3n) is 6.74. The van der Waals surface area contributed by atoms with E-state index in [1.807, 2.05) is 39.8 Å². The van der Waals surface area contributed by atoms with Crippen LogP contribution in [-0.4, -0.2) is 46.0 Å². The molecule has 1 amide bonds. The first kappa shape index (κ1) is 24.2. The Bertz CT molecular complexity index is 1080. The average Bonchev–Trinajstić information content (AvgIpc) is 2.80. The van der Waals surface area contributed by atoms with Crippen molar-refractivity contribution in [2.75, 3.05) is 13.2 Å². The van der Waals surface area contributed by atoms with Gasteiger partial charge in [0.15, 0.2) is 0 Å². The van der Waals surface area contributed by atoms with Gasteiger partial charge in [-0.15, -0.1) is 0 Å². The second-order valence-corrected chi connectivity index (χ2v) is 10.5. The predicted molar refractivity (Wildman–Crippen MR) is 128 cm³/mol. The maximum absolute atomic E-state index is 12.3. The molecule has 8 heteroatoms. The first-order valence-corrected chi connectivity index (χ1v) is 12.1. The Morgan fingerprint density at radius 1 is 1.26 bits per heavy atom. The van der Waals surface area contributed by atoms with E-state index in [2.05, 4.69) is 21.4 Å². The van der Waals surface area contributed by atoms with Crippen molar-refractivity contribution in [2.24, 2.45) is 0 Å². The largest absolute Gasteiger partial charge is 0.478 e. The summed E-state index contributed by atoms with van der Waals surface area (Å²) in [5.74, 6) is 0.551. The molecule has 0 atom stereocenters. The third kappa shape index (κ3) is 5.25. The second kappa shape index (κ2) is 9.38. The lowest BCUT2D eigenvalue weighted by Crippen LogP contribution is -2.63. The van der Waals surface area contributed by atoms with E-state index in [0.717, 1.165) is 55.1 Å². The monoisotopic (exact) mass is 466 g/mol. The number of pyridine rings is 2. The van der Waals surface area contributed by atoms with Gasteiger partial charge in [-0.3, -0.25) is 4.98 Å². The van der Waals surface area contributed by atoms with Gasteiger partial charge >= 0.3 is 6.09 Å². The number of carbonyl (C=O) groups excluding carboxylic acids is 1. The van der Waals surface area contributed by atoms with Crippen molar-refractivity contribution in [3.8, 4) is 11.9 Å². The number of ether oxygens (including phenoxy) is 3. The number of carbonyl (C=O) groups is 1. The van der Waals surface area contributed by atoms with E-state index in [4.69, 9.17) is 14.2 Å². The van der Waals surface area contributed by atoms with Crippen LogP contribution in [0.4, 0.5) is 4.79 Å². The number of alkyl carbamates (subject to hydrolysis) is 1. The highest BCUT2D eigenvalue weighted by Gasteiger charge is 2.50. The Morgan fingerprint density at radius 3 is 2.65 bits per heavy atom. The molecule has 0 unspecified atom stereocenters. The van der Waals surface area contributed by atoms with Crippen LogP contribution in [0.2, 0.25) is 0 Å². The fourth-order valence-corrected chi connectivity index (χ4v) is 4.86. The minimum absolute atomic E-state index is 0.254. The molecule has 8 nitrogen and oxygen atoms in total. The zero-order chi connectivity index (χ0) is 24.4. The minimum atomic E-state index is -0.532.